The first kappa shape index (κ1) is 24.5. The van der Waals surface area contributed by atoms with E-state index in [0.717, 1.165) is 10.5 Å². The molecule has 0 saturated carbocycles. The summed E-state index contributed by atoms with van der Waals surface area (Å²) in [6.45, 7) is 9.08. The van der Waals surface area contributed by atoms with Crippen molar-refractivity contribution in [1.29, 1.82) is 0 Å². The zero-order valence-corrected chi connectivity index (χ0v) is 22.9. The van der Waals surface area contributed by atoms with Gasteiger partial charge in [0.1, 0.15) is 0 Å². The molecule has 0 aliphatic carbocycles. The number of hydrogen-bond donors (Lipinski definition) is 0. The Morgan fingerprint density at radius 2 is 1.38 bits per heavy atom. The molecule has 0 radical (unpaired) electrons. The molecule has 0 nitrogen and oxygen atoms in total. The van der Waals surface area contributed by atoms with Gasteiger partial charge in [-0.15, -0.1) is 58.4 Å². The average Bonchev–Trinajstić information content (AvgIpc) is 3.12. The van der Waals surface area contributed by atoms with Crippen LogP contribution in [0.1, 0.15) is 23.6 Å². The standard InChI is InChI=1S/C9H12S3.C7H8S3.3ClH.Fe/c1-5-4-10-8-6(2)12-7(3)9(8)11-5;1-5-2-9-6-3-8-4-7(6)10-5;;;;/h5H,4H2,1-3H3;3-5H,2H2,1H3;3*1H;/q;;;;;+3/p-3. The summed E-state index contributed by atoms with van der Waals surface area (Å²) < 4.78 is 0. The van der Waals surface area contributed by atoms with Crippen molar-refractivity contribution in [3.8, 4) is 0 Å². The molecule has 0 saturated heterocycles. The second-order valence-electron chi connectivity index (χ2n) is 5.60. The molecule has 0 aromatic carbocycles. The third kappa shape index (κ3) is 7.79. The quantitative estimate of drug-likeness (QED) is 0.291. The van der Waals surface area contributed by atoms with Crippen LogP contribution in [-0.4, -0.2) is 22.0 Å². The maximum atomic E-state index is 4.89. The third-order valence-corrected chi connectivity index (χ3v) is 11.6. The maximum absolute atomic E-state index is 4.89. The summed E-state index contributed by atoms with van der Waals surface area (Å²) in [7, 11) is 14.7. The Labute approximate surface area is 198 Å². The number of fused-ring (bicyclic) bond motifs is 2. The van der Waals surface area contributed by atoms with Gasteiger partial charge in [0.2, 0.25) is 0 Å². The predicted octanol–water partition coefficient (Wildman–Crippen LogP) is 9.35. The Bertz CT molecular complexity index is 699. The van der Waals surface area contributed by atoms with Crippen molar-refractivity contribution in [2.24, 2.45) is 0 Å². The van der Waals surface area contributed by atoms with E-state index in [4.69, 9.17) is 30.3 Å². The van der Waals surface area contributed by atoms with Gasteiger partial charge in [0.05, 0.1) is 0 Å². The van der Waals surface area contributed by atoms with E-state index in [2.05, 4.69) is 38.5 Å². The van der Waals surface area contributed by atoms with Crippen LogP contribution in [-0.2, 0) is 11.2 Å². The molecule has 0 N–H and O–H groups in total. The molecule has 0 spiro atoms. The van der Waals surface area contributed by atoms with Crippen LogP contribution in [0, 0.1) is 13.8 Å². The van der Waals surface area contributed by atoms with Crippen LogP contribution in [0.3, 0.4) is 0 Å². The number of hydrogen-bond acceptors (Lipinski definition) is 6. The molecule has 2 aliphatic heterocycles. The molecule has 0 fully saturated rings. The van der Waals surface area contributed by atoms with Crippen molar-refractivity contribution >= 4 is 100 Å². The van der Waals surface area contributed by atoms with E-state index in [9.17, 15) is 0 Å². The minimum absolute atomic E-state index is 0.787. The summed E-state index contributed by atoms with van der Waals surface area (Å²) in [6, 6.07) is 0. The zero-order chi connectivity index (χ0) is 19.3. The van der Waals surface area contributed by atoms with Gasteiger partial charge in [-0.05, 0) is 13.8 Å². The number of thioether (sulfide) groups is 4. The molecule has 26 heavy (non-hydrogen) atoms. The van der Waals surface area contributed by atoms with Crippen LogP contribution < -0.4 is 0 Å². The number of rotatable bonds is 0. The Kier molecular flexibility index (Phi) is 11.4. The van der Waals surface area contributed by atoms with Crippen LogP contribution in [0.5, 0.6) is 0 Å². The van der Waals surface area contributed by atoms with Gasteiger partial charge in [0, 0.05) is 62.1 Å². The van der Waals surface area contributed by atoms with Gasteiger partial charge in [0.15, 0.2) is 0 Å². The van der Waals surface area contributed by atoms with E-state index < -0.39 is 11.2 Å². The number of thiophene rings is 2. The van der Waals surface area contributed by atoms with Gasteiger partial charge in [-0.25, -0.2) is 0 Å². The molecule has 10 heteroatoms. The molecule has 4 heterocycles. The molecule has 4 rings (SSSR count). The van der Waals surface area contributed by atoms with Crippen LogP contribution in [0.2, 0.25) is 0 Å². The predicted molar refractivity (Wildman–Crippen MR) is 128 cm³/mol. The Morgan fingerprint density at radius 1 is 0.846 bits per heavy atom. The SMILES string of the molecule is CC1CSc2cscc2S1.Cc1sc(C)c2c1SCC(C)S2.[Cl][Fe]([Cl])[Cl]. The van der Waals surface area contributed by atoms with Crippen molar-refractivity contribution in [1.82, 2.24) is 0 Å². The fourth-order valence-electron chi connectivity index (χ4n) is 2.30. The molecule has 2 aliphatic rings. The van der Waals surface area contributed by atoms with Gasteiger partial charge in [0.25, 0.3) is 0 Å². The topological polar surface area (TPSA) is 0 Å². The number of aryl methyl sites for hydroxylation is 2. The summed E-state index contributed by atoms with van der Waals surface area (Å²) in [6.07, 6.45) is 0. The Morgan fingerprint density at radius 3 is 2.08 bits per heavy atom. The summed E-state index contributed by atoms with van der Waals surface area (Å²) in [5.74, 6) is 2.54. The van der Waals surface area contributed by atoms with Crippen molar-refractivity contribution in [2.75, 3.05) is 11.5 Å². The molecule has 149 valence electrons. The second kappa shape index (κ2) is 12.1. The molecule has 2 unspecified atom stereocenters. The molecule has 0 bridgehead atoms. The molecule has 2 aromatic rings. The first-order chi connectivity index (χ1) is 12.3. The van der Waals surface area contributed by atoms with E-state index in [1.165, 1.54) is 31.1 Å². The van der Waals surface area contributed by atoms with Crippen LogP contribution in [0.15, 0.2) is 30.3 Å². The van der Waals surface area contributed by atoms with Crippen molar-refractivity contribution < 1.29 is 11.2 Å². The van der Waals surface area contributed by atoms with Crippen molar-refractivity contribution in [3.05, 3.63) is 20.5 Å². The molecule has 2 atom stereocenters. The van der Waals surface area contributed by atoms with E-state index in [1.807, 2.05) is 69.7 Å². The molecular formula is C16H20Cl3FeS6. The van der Waals surface area contributed by atoms with Gasteiger partial charge < -0.3 is 0 Å². The third-order valence-electron chi connectivity index (χ3n) is 3.33. The molecule has 2 aromatic heterocycles. The summed E-state index contributed by atoms with van der Waals surface area (Å²) >= 11 is 10.5. The van der Waals surface area contributed by atoms with E-state index in [0.29, 0.717) is 0 Å². The van der Waals surface area contributed by atoms with Crippen LogP contribution in [0.25, 0.3) is 0 Å². The average molecular weight is 567 g/mol. The van der Waals surface area contributed by atoms with Crippen LogP contribution in [0.4, 0.5) is 0 Å². The summed E-state index contributed by atoms with van der Waals surface area (Å²) in [4.78, 5) is 9.11. The fraction of sp³-hybridized carbons (Fsp3) is 0.500. The van der Waals surface area contributed by atoms with E-state index >= 15 is 0 Å². The van der Waals surface area contributed by atoms with Crippen LogP contribution >= 0.6 is 100 Å². The fourth-order valence-corrected chi connectivity index (χ4v) is 9.94. The van der Waals surface area contributed by atoms with E-state index in [1.54, 1.807) is 9.79 Å². The first-order valence-corrected chi connectivity index (χ1v) is 17.7. The van der Waals surface area contributed by atoms with E-state index in [-0.39, 0.29) is 0 Å². The minimum atomic E-state index is -1.33. The summed E-state index contributed by atoms with van der Waals surface area (Å²) in [5.41, 5.74) is 0. The van der Waals surface area contributed by atoms with Gasteiger partial charge in [-0.2, -0.15) is 11.3 Å². The van der Waals surface area contributed by atoms with Crippen molar-refractivity contribution in [3.63, 3.8) is 0 Å². The monoisotopic (exact) mass is 565 g/mol. The second-order valence-corrected chi connectivity index (χ2v) is 18.3. The Balaban J connectivity index is 0.000000158. The Hall–Kier alpha value is 2.19. The van der Waals surface area contributed by atoms with Gasteiger partial charge in [-0.3, -0.25) is 0 Å². The normalized spacial score (nSPS) is 21.4. The first-order valence-electron chi connectivity index (χ1n) is 7.69. The summed E-state index contributed by atoms with van der Waals surface area (Å²) in [5, 5.41) is 6.09. The zero-order valence-electron chi connectivity index (χ0n) is 14.7. The molecular weight excluding hydrogens is 547 g/mol. The van der Waals surface area contributed by atoms with Gasteiger partial charge in [-0.1, -0.05) is 13.8 Å². The number of halogens is 3. The van der Waals surface area contributed by atoms with Gasteiger partial charge >= 0.3 is 41.5 Å². The van der Waals surface area contributed by atoms with Crippen molar-refractivity contribution in [2.45, 2.75) is 57.8 Å². The molecule has 0 amide bonds.